The Bertz CT molecular complexity index is 464. The first-order valence-corrected chi connectivity index (χ1v) is 9.64. The van der Waals surface area contributed by atoms with Crippen LogP contribution in [0.1, 0.15) is 30.5 Å². The zero-order chi connectivity index (χ0) is 17.6. The van der Waals surface area contributed by atoms with E-state index in [1.54, 1.807) is 18.4 Å². The Labute approximate surface area is 150 Å². The molecule has 0 spiro atoms. The molecule has 0 atom stereocenters. The molecule has 0 aliphatic heterocycles. The number of methoxy groups -OCH3 is 1. The number of thiazole rings is 1. The van der Waals surface area contributed by atoms with Crippen LogP contribution < -0.4 is 10.6 Å². The number of nitrogens with one attached hydrogen (secondary N) is 2. The molecule has 0 saturated heterocycles. The molecule has 7 heteroatoms. The van der Waals surface area contributed by atoms with Crippen LogP contribution >= 0.6 is 11.3 Å². The van der Waals surface area contributed by atoms with Crippen molar-refractivity contribution in [3.63, 3.8) is 0 Å². The highest BCUT2D eigenvalue weighted by Gasteiger charge is 2.01. The molecule has 0 radical (unpaired) electrons. The third-order valence-electron chi connectivity index (χ3n) is 3.50. The van der Waals surface area contributed by atoms with E-state index < -0.39 is 0 Å². The van der Waals surface area contributed by atoms with E-state index in [2.05, 4.69) is 44.9 Å². The monoisotopic (exact) mass is 355 g/mol. The summed E-state index contributed by atoms with van der Waals surface area (Å²) < 4.78 is 5.08. The molecule has 0 fully saturated rings. The van der Waals surface area contributed by atoms with Gasteiger partial charge < -0.3 is 20.3 Å². The van der Waals surface area contributed by atoms with Gasteiger partial charge in [0.15, 0.2) is 5.96 Å². The largest absolute Gasteiger partial charge is 0.385 e. The Morgan fingerprint density at radius 3 is 2.83 bits per heavy atom. The van der Waals surface area contributed by atoms with Crippen LogP contribution in [0, 0.1) is 6.92 Å². The van der Waals surface area contributed by atoms with Gasteiger partial charge in [-0.1, -0.05) is 0 Å². The fourth-order valence-electron chi connectivity index (χ4n) is 2.24. The van der Waals surface area contributed by atoms with Crippen LogP contribution in [0.25, 0.3) is 0 Å². The highest BCUT2D eigenvalue weighted by atomic mass is 32.1. The van der Waals surface area contributed by atoms with Crippen molar-refractivity contribution in [2.45, 2.75) is 33.1 Å². The second kappa shape index (κ2) is 13.1. The van der Waals surface area contributed by atoms with E-state index in [-0.39, 0.29) is 0 Å². The molecular weight excluding hydrogens is 322 g/mol. The lowest BCUT2D eigenvalue weighted by molar-refractivity contribution is 0.180. The van der Waals surface area contributed by atoms with Gasteiger partial charge in [-0.3, -0.25) is 4.99 Å². The van der Waals surface area contributed by atoms with Gasteiger partial charge in [0, 0.05) is 63.9 Å². The van der Waals surface area contributed by atoms with E-state index in [0.29, 0.717) is 0 Å². The zero-order valence-electron chi connectivity index (χ0n) is 15.6. The molecule has 2 N–H and O–H groups in total. The van der Waals surface area contributed by atoms with Crippen LogP contribution in [0.5, 0.6) is 0 Å². The zero-order valence-corrected chi connectivity index (χ0v) is 16.4. The molecule has 0 aliphatic carbocycles. The lowest BCUT2D eigenvalue weighted by atomic mass is 10.3. The van der Waals surface area contributed by atoms with E-state index in [9.17, 15) is 0 Å². The Kier molecular flexibility index (Phi) is 11.4. The molecule has 0 saturated carbocycles. The summed E-state index contributed by atoms with van der Waals surface area (Å²) in [6.45, 7) is 9.58. The smallest absolute Gasteiger partial charge is 0.191 e. The Morgan fingerprint density at radius 2 is 2.17 bits per heavy atom. The molecule has 24 heavy (non-hydrogen) atoms. The van der Waals surface area contributed by atoms with Crippen LogP contribution in [-0.4, -0.2) is 69.3 Å². The van der Waals surface area contributed by atoms with Crippen molar-refractivity contribution in [3.8, 4) is 0 Å². The van der Waals surface area contributed by atoms with Crippen LogP contribution in [0.4, 0.5) is 0 Å². The number of aromatic nitrogens is 1. The third kappa shape index (κ3) is 9.85. The van der Waals surface area contributed by atoms with Crippen molar-refractivity contribution in [3.05, 3.63) is 16.1 Å². The first kappa shape index (κ1) is 20.9. The van der Waals surface area contributed by atoms with Crippen molar-refractivity contribution < 1.29 is 4.74 Å². The highest BCUT2D eigenvalue weighted by Crippen LogP contribution is 2.10. The van der Waals surface area contributed by atoms with E-state index >= 15 is 0 Å². The first-order valence-electron chi connectivity index (χ1n) is 8.76. The van der Waals surface area contributed by atoms with Crippen LogP contribution in [0.15, 0.2) is 10.4 Å². The van der Waals surface area contributed by atoms with Crippen molar-refractivity contribution in [1.82, 2.24) is 20.5 Å². The molecule has 6 nitrogen and oxygen atoms in total. The van der Waals surface area contributed by atoms with Crippen molar-refractivity contribution in [2.75, 3.05) is 53.5 Å². The Balaban J connectivity index is 2.21. The molecular formula is C17H33N5OS. The van der Waals surface area contributed by atoms with Crippen molar-refractivity contribution in [2.24, 2.45) is 4.99 Å². The van der Waals surface area contributed by atoms with E-state index in [4.69, 9.17) is 4.74 Å². The van der Waals surface area contributed by atoms with Gasteiger partial charge in [0.1, 0.15) is 0 Å². The highest BCUT2D eigenvalue weighted by molar-refractivity contribution is 7.09. The number of nitrogens with zero attached hydrogens (tertiary/aromatic N) is 3. The predicted molar refractivity (Wildman–Crippen MR) is 103 cm³/mol. The van der Waals surface area contributed by atoms with E-state index in [1.165, 1.54) is 5.01 Å². The number of guanidine groups is 1. The SMILES string of the molecule is CCNC(=NCCCc1nc(C)cs1)NCCN(C)CCCOC. The maximum absolute atomic E-state index is 5.08. The van der Waals surface area contributed by atoms with E-state index in [0.717, 1.165) is 70.2 Å². The molecule has 1 heterocycles. The summed E-state index contributed by atoms with van der Waals surface area (Å²) in [6.07, 6.45) is 3.10. The predicted octanol–water partition coefficient (Wildman–Crippen LogP) is 1.91. The second-order valence-electron chi connectivity index (χ2n) is 5.82. The van der Waals surface area contributed by atoms with Crippen LogP contribution in [0.3, 0.4) is 0 Å². The quantitative estimate of drug-likeness (QED) is 0.341. The van der Waals surface area contributed by atoms with Gasteiger partial charge in [0.25, 0.3) is 0 Å². The first-order chi connectivity index (χ1) is 11.7. The van der Waals surface area contributed by atoms with Gasteiger partial charge in [-0.2, -0.15) is 0 Å². The Morgan fingerprint density at radius 1 is 1.33 bits per heavy atom. The Hall–Kier alpha value is -1.18. The lowest BCUT2D eigenvalue weighted by Gasteiger charge is -2.18. The standard InChI is InChI=1S/C17H33N5OS/c1-5-18-17(20-10-12-22(3)11-7-13-23-4)19-9-6-8-16-21-15(2)14-24-16/h14H,5-13H2,1-4H3,(H2,18,19,20). The maximum atomic E-state index is 5.08. The van der Waals surface area contributed by atoms with Crippen LogP contribution in [0.2, 0.25) is 0 Å². The number of likely N-dealkylation sites (N-methyl/N-ethyl adjacent to an activating group) is 1. The van der Waals surface area contributed by atoms with Gasteiger partial charge in [-0.25, -0.2) is 4.98 Å². The van der Waals surface area contributed by atoms with Gasteiger partial charge in [-0.15, -0.1) is 11.3 Å². The average molecular weight is 356 g/mol. The average Bonchev–Trinajstić information content (AvgIpc) is 2.97. The summed E-state index contributed by atoms with van der Waals surface area (Å²) >= 11 is 1.74. The molecule has 138 valence electrons. The number of hydrogen-bond donors (Lipinski definition) is 2. The molecule has 1 aromatic heterocycles. The number of ether oxygens (including phenoxy) is 1. The maximum Gasteiger partial charge on any atom is 0.191 e. The minimum atomic E-state index is 0.817. The topological polar surface area (TPSA) is 61.8 Å². The molecule has 0 amide bonds. The molecule has 1 rings (SSSR count). The number of hydrogen-bond acceptors (Lipinski definition) is 5. The third-order valence-corrected chi connectivity index (χ3v) is 4.53. The number of aliphatic imine (C=N–C) groups is 1. The minimum Gasteiger partial charge on any atom is -0.385 e. The summed E-state index contributed by atoms with van der Waals surface area (Å²) in [7, 11) is 3.88. The summed E-state index contributed by atoms with van der Waals surface area (Å²) in [5, 5.41) is 10.0. The van der Waals surface area contributed by atoms with Gasteiger partial charge >= 0.3 is 0 Å². The fraction of sp³-hybridized carbons (Fsp3) is 0.765. The summed E-state index contributed by atoms with van der Waals surface area (Å²) in [4.78, 5) is 11.4. The van der Waals surface area contributed by atoms with Gasteiger partial charge in [0.2, 0.25) is 0 Å². The molecule has 0 bridgehead atoms. The van der Waals surface area contributed by atoms with Gasteiger partial charge in [-0.05, 0) is 33.7 Å². The van der Waals surface area contributed by atoms with E-state index in [1.807, 2.05) is 6.92 Å². The summed E-state index contributed by atoms with van der Waals surface area (Å²) in [5.74, 6) is 0.901. The molecule has 0 aliphatic rings. The molecule has 0 unspecified atom stereocenters. The molecule has 1 aromatic rings. The van der Waals surface area contributed by atoms with Crippen molar-refractivity contribution >= 4 is 17.3 Å². The minimum absolute atomic E-state index is 0.817. The van der Waals surface area contributed by atoms with Crippen molar-refractivity contribution in [1.29, 1.82) is 0 Å². The normalized spacial score (nSPS) is 12.0. The molecule has 0 aromatic carbocycles. The summed E-state index contributed by atoms with van der Waals surface area (Å²) in [6, 6.07) is 0. The number of rotatable bonds is 12. The number of aryl methyl sites for hydroxylation is 2. The fourth-order valence-corrected chi connectivity index (χ4v) is 3.05. The lowest BCUT2D eigenvalue weighted by Crippen LogP contribution is -2.41. The summed E-state index contributed by atoms with van der Waals surface area (Å²) in [5.41, 5.74) is 1.11. The van der Waals surface area contributed by atoms with Gasteiger partial charge in [0.05, 0.1) is 5.01 Å². The van der Waals surface area contributed by atoms with Crippen LogP contribution in [-0.2, 0) is 11.2 Å². The second-order valence-corrected chi connectivity index (χ2v) is 6.77.